The molecular weight excluding hydrogens is 291 g/mol. The molecule has 2 N–H and O–H groups in total. The van der Waals surface area contributed by atoms with Gasteiger partial charge in [0.05, 0.1) is 5.92 Å². The Balaban J connectivity index is 2.07. The van der Waals surface area contributed by atoms with E-state index in [2.05, 4.69) is 0 Å². The van der Waals surface area contributed by atoms with Crippen molar-refractivity contribution >= 4 is 5.91 Å². The average molecular weight is 314 g/mol. The zero-order valence-corrected chi connectivity index (χ0v) is 13.4. The van der Waals surface area contributed by atoms with Crippen LogP contribution in [-0.2, 0) is 11.2 Å². The van der Waals surface area contributed by atoms with Crippen LogP contribution in [0.3, 0.4) is 0 Å². The highest BCUT2D eigenvalue weighted by Crippen LogP contribution is 2.21. The van der Waals surface area contributed by atoms with E-state index in [1.165, 1.54) is 11.6 Å². The van der Waals surface area contributed by atoms with Gasteiger partial charge in [0.15, 0.2) is 0 Å². The Morgan fingerprint density at radius 1 is 1.09 bits per heavy atom. The molecule has 2 aromatic rings. The summed E-state index contributed by atoms with van der Waals surface area (Å²) < 4.78 is 13.9. The first-order valence-corrected chi connectivity index (χ1v) is 7.90. The van der Waals surface area contributed by atoms with Gasteiger partial charge in [0.1, 0.15) is 5.82 Å². The summed E-state index contributed by atoms with van der Waals surface area (Å²) >= 11 is 0. The highest BCUT2D eigenvalue weighted by atomic mass is 19.1. The van der Waals surface area contributed by atoms with Crippen LogP contribution in [0.4, 0.5) is 4.39 Å². The monoisotopic (exact) mass is 314 g/mol. The molecule has 0 aliphatic heterocycles. The lowest BCUT2D eigenvalue weighted by atomic mass is 9.98. The number of carbonyl (C=O) groups is 1. The van der Waals surface area contributed by atoms with Crippen molar-refractivity contribution in [2.24, 2.45) is 5.73 Å². The predicted octanol–water partition coefficient (Wildman–Crippen LogP) is 2.96. The number of nitrogens with zero attached hydrogens (tertiary/aromatic N) is 1. The summed E-state index contributed by atoms with van der Waals surface area (Å²) in [5.41, 5.74) is 7.23. The van der Waals surface area contributed by atoms with Crippen LogP contribution >= 0.6 is 0 Å². The molecule has 1 unspecified atom stereocenters. The lowest BCUT2D eigenvalue weighted by Gasteiger charge is -2.26. The lowest BCUT2D eigenvalue weighted by molar-refractivity contribution is -0.132. The van der Waals surface area contributed by atoms with Crippen molar-refractivity contribution in [3.63, 3.8) is 0 Å². The quantitative estimate of drug-likeness (QED) is 0.854. The largest absolute Gasteiger partial charge is 0.341 e. The summed E-state index contributed by atoms with van der Waals surface area (Å²) in [6.45, 7) is 3.20. The maximum Gasteiger partial charge on any atom is 0.229 e. The van der Waals surface area contributed by atoms with Crippen molar-refractivity contribution in [3.8, 4) is 0 Å². The first kappa shape index (κ1) is 17.2. The van der Waals surface area contributed by atoms with Crippen LogP contribution in [0.5, 0.6) is 0 Å². The molecule has 0 aliphatic carbocycles. The van der Waals surface area contributed by atoms with Crippen molar-refractivity contribution in [2.75, 3.05) is 19.6 Å². The molecule has 0 heterocycles. The second kappa shape index (κ2) is 8.44. The zero-order chi connectivity index (χ0) is 16.7. The Kier molecular flexibility index (Phi) is 6.29. The third-order valence-electron chi connectivity index (χ3n) is 3.97. The smallest absolute Gasteiger partial charge is 0.229 e. The molecule has 0 aromatic heterocycles. The van der Waals surface area contributed by atoms with Crippen molar-refractivity contribution < 1.29 is 9.18 Å². The number of nitrogens with two attached hydrogens (primary N) is 1. The Labute approximate surface area is 136 Å². The summed E-state index contributed by atoms with van der Waals surface area (Å²) in [4.78, 5) is 14.4. The highest BCUT2D eigenvalue weighted by Gasteiger charge is 2.23. The minimum atomic E-state index is -0.515. The zero-order valence-electron chi connectivity index (χ0n) is 13.4. The van der Waals surface area contributed by atoms with Gasteiger partial charge < -0.3 is 10.6 Å². The molecule has 122 valence electrons. The molecular formula is C19H23FN2O. The van der Waals surface area contributed by atoms with Crippen molar-refractivity contribution in [2.45, 2.75) is 19.3 Å². The summed E-state index contributed by atoms with van der Waals surface area (Å²) in [5, 5.41) is 0. The Bertz CT molecular complexity index is 630. The number of hydrogen-bond donors (Lipinski definition) is 1. The molecule has 1 amide bonds. The topological polar surface area (TPSA) is 46.3 Å². The molecule has 0 spiro atoms. The van der Waals surface area contributed by atoms with Crippen LogP contribution in [0.1, 0.15) is 24.0 Å². The van der Waals surface area contributed by atoms with E-state index in [9.17, 15) is 9.18 Å². The van der Waals surface area contributed by atoms with Crippen LogP contribution in [0.25, 0.3) is 0 Å². The maximum absolute atomic E-state index is 13.9. The van der Waals surface area contributed by atoms with Gasteiger partial charge in [-0.3, -0.25) is 4.79 Å². The predicted molar refractivity (Wildman–Crippen MR) is 90.6 cm³/mol. The number of hydrogen-bond acceptors (Lipinski definition) is 2. The fraction of sp³-hybridized carbons (Fsp3) is 0.316. The van der Waals surface area contributed by atoms with E-state index in [4.69, 9.17) is 5.73 Å². The van der Waals surface area contributed by atoms with E-state index >= 15 is 0 Å². The van der Waals surface area contributed by atoms with Gasteiger partial charge in [-0.05, 0) is 30.5 Å². The van der Waals surface area contributed by atoms with Crippen molar-refractivity contribution in [1.82, 2.24) is 4.90 Å². The van der Waals surface area contributed by atoms with Gasteiger partial charge in [0, 0.05) is 19.6 Å². The fourth-order valence-corrected chi connectivity index (χ4v) is 2.63. The first-order chi connectivity index (χ1) is 11.1. The molecule has 0 bridgehead atoms. The van der Waals surface area contributed by atoms with Gasteiger partial charge in [-0.25, -0.2) is 4.39 Å². The number of halogens is 1. The van der Waals surface area contributed by atoms with E-state index in [-0.39, 0.29) is 11.7 Å². The Morgan fingerprint density at radius 2 is 1.74 bits per heavy atom. The molecule has 0 fully saturated rings. The number of amides is 1. The average Bonchev–Trinajstić information content (AvgIpc) is 2.58. The highest BCUT2D eigenvalue weighted by molar-refractivity contribution is 5.83. The Morgan fingerprint density at radius 3 is 2.39 bits per heavy atom. The number of carbonyl (C=O) groups excluding carboxylic acids is 1. The van der Waals surface area contributed by atoms with E-state index < -0.39 is 5.92 Å². The van der Waals surface area contributed by atoms with Crippen LogP contribution in [0, 0.1) is 5.82 Å². The minimum absolute atomic E-state index is 0.0866. The molecule has 0 radical (unpaired) electrons. The van der Waals surface area contributed by atoms with Gasteiger partial charge in [-0.15, -0.1) is 0 Å². The Hall–Kier alpha value is -2.20. The van der Waals surface area contributed by atoms with Gasteiger partial charge in [-0.2, -0.15) is 0 Å². The third-order valence-corrected chi connectivity index (χ3v) is 3.97. The van der Waals surface area contributed by atoms with Crippen LogP contribution in [0.15, 0.2) is 54.6 Å². The second-order valence-corrected chi connectivity index (χ2v) is 5.59. The molecule has 2 rings (SSSR count). The summed E-state index contributed by atoms with van der Waals surface area (Å²) in [5.74, 6) is -0.945. The molecule has 4 heteroatoms. The van der Waals surface area contributed by atoms with Crippen LogP contribution in [0.2, 0.25) is 0 Å². The summed E-state index contributed by atoms with van der Waals surface area (Å²) in [6.07, 6.45) is 0.760. The van der Waals surface area contributed by atoms with Gasteiger partial charge in [-0.1, -0.05) is 48.5 Å². The van der Waals surface area contributed by atoms with Crippen LogP contribution < -0.4 is 5.73 Å². The second-order valence-electron chi connectivity index (χ2n) is 5.59. The molecule has 23 heavy (non-hydrogen) atoms. The molecule has 1 atom stereocenters. The van der Waals surface area contributed by atoms with Crippen molar-refractivity contribution in [1.29, 1.82) is 0 Å². The van der Waals surface area contributed by atoms with Gasteiger partial charge in [0.2, 0.25) is 5.91 Å². The number of rotatable bonds is 7. The minimum Gasteiger partial charge on any atom is -0.341 e. The standard InChI is InChI=1S/C19H23FN2O/c1-15(17-9-5-6-10-18(17)20)19(23)22(14-12-21)13-11-16-7-3-2-4-8-16/h2-10,15H,11-14,21H2,1H3. The van der Waals surface area contributed by atoms with Gasteiger partial charge >= 0.3 is 0 Å². The van der Waals surface area contributed by atoms with E-state index in [1.807, 2.05) is 30.3 Å². The third kappa shape index (κ3) is 4.63. The van der Waals surface area contributed by atoms with Crippen LogP contribution in [-0.4, -0.2) is 30.4 Å². The molecule has 3 nitrogen and oxygen atoms in total. The van der Waals surface area contributed by atoms with E-state index in [1.54, 1.807) is 30.0 Å². The van der Waals surface area contributed by atoms with E-state index in [0.29, 0.717) is 25.2 Å². The first-order valence-electron chi connectivity index (χ1n) is 7.90. The van der Waals surface area contributed by atoms with E-state index in [0.717, 1.165) is 6.42 Å². The summed E-state index contributed by atoms with van der Waals surface area (Å²) in [7, 11) is 0. The fourth-order valence-electron chi connectivity index (χ4n) is 2.63. The number of benzene rings is 2. The molecule has 0 saturated heterocycles. The van der Waals surface area contributed by atoms with Gasteiger partial charge in [0.25, 0.3) is 0 Å². The normalized spacial score (nSPS) is 12.0. The summed E-state index contributed by atoms with van der Waals surface area (Å²) in [6, 6.07) is 16.4. The molecule has 0 aliphatic rings. The lowest BCUT2D eigenvalue weighted by Crippen LogP contribution is -2.39. The molecule has 0 saturated carbocycles. The SMILES string of the molecule is CC(C(=O)N(CCN)CCc1ccccc1)c1ccccc1F. The van der Waals surface area contributed by atoms with Crippen molar-refractivity contribution in [3.05, 3.63) is 71.5 Å². The maximum atomic E-state index is 13.9. The molecule has 2 aromatic carbocycles.